The van der Waals surface area contributed by atoms with Crippen molar-refractivity contribution in [3.8, 4) is 0 Å². The molecule has 0 radical (unpaired) electrons. The van der Waals surface area contributed by atoms with Crippen LogP contribution >= 0.6 is 0 Å². The van der Waals surface area contributed by atoms with E-state index in [4.69, 9.17) is 14.2 Å². The van der Waals surface area contributed by atoms with Crippen LogP contribution in [0, 0.1) is 5.41 Å². The Kier molecular flexibility index (Phi) is 3.67. The van der Waals surface area contributed by atoms with Gasteiger partial charge in [0.1, 0.15) is 0 Å². The monoisotopic (exact) mass is 252 g/mol. The van der Waals surface area contributed by atoms with Gasteiger partial charge in [0.2, 0.25) is 0 Å². The van der Waals surface area contributed by atoms with Crippen LogP contribution in [0.5, 0.6) is 0 Å². The van der Waals surface area contributed by atoms with Gasteiger partial charge in [0.25, 0.3) is 0 Å². The largest absolute Gasteiger partial charge is 0.367 e. The fourth-order valence-electron chi connectivity index (χ4n) is 3.26. The molecule has 1 saturated carbocycles. The summed E-state index contributed by atoms with van der Waals surface area (Å²) < 4.78 is 17.8. The van der Waals surface area contributed by atoms with E-state index in [0.717, 1.165) is 19.3 Å². The Morgan fingerprint density at radius 3 is 2.33 bits per heavy atom. The summed E-state index contributed by atoms with van der Waals surface area (Å²) in [6.45, 7) is 14.0. The minimum absolute atomic E-state index is 0.0862. The molecule has 3 heteroatoms. The van der Waals surface area contributed by atoms with Crippen molar-refractivity contribution >= 4 is 0 Å². The molecule has 102 valence electrons. The molecule has 0 aromatic rings. The van der Waals surface area contributed by atoms with Gasteiger partial charge in [-0.1, -0.05) is 26.0 Å². The van der Waals surface area contributed by atoms with Crippen molar-refractivity contribution < 1.29 is 14.2 Å². The molecule has 0 N–H and O–H groups in total. The van der Waals surface area contributed by atoms with Crippen LogP contribution in [0.1, 0.15) is 33.1 Å². The zero-order valence-electron chi connectivity index (χ0n) is 11.5. The van der Waals surface area contributed by atoms with Crippen LogP contribution in [0.3, 0.4) is 0 Å². The lowest BCUT2D eigenvalue weighted by Crippen LogP contribution is -2.55. The van der Waals surface area contributed by atoms with E-state index in [0.29, 0.717) is 19.8 Å². The van der Waals surface area contributed by atoms with Crippen molar-refractivity contribution in [1.29, 1.82) is 0 Å². The van der Waals surface area contributed by atoms with Crippen LogP contribution in [0.25, 0.3) is 0 Å². The van der Waals surface area contributed by atoms with Gasteiger partial charge in [0.05, 0.1) is 25.4 Å². The van der Waals surface area contributed by atoms with Crippen molar-refractivity contribution in [1.82, 2.24) is 0 Å². The Hall–Kier alpha value is -0.640. The summed E-state index contributed by atoms with van der Waals surface area (Å²) in [5.41, 5.74) is -0.366. The molecule has 0 amide bonds. The van der Waals surface area contributed by atoms with Crippen LogP contribution in [0.15, 0.2) is 25.3 Å². The van der Waals surface area contributed by atoms with Crippen LogP contribution in [-0.4, -0.2) is 31.2 Å². The third-order valence-corrected chi connectivity index (χ3v) is 4.26. The fraction of sp³-hybridized carbons (Fsp3) is 0.733. The molecule has 2 fully saturated rings. The standard InChI is InChI=1S/C15H24O3/c1-5-9-16-14(6-2)7-8-15(13(3,4)12-14)17-10-11-18-15/h5-6H,1-2,7-12H2,3-4H3. The minimum atomic E-state index is -0.433. The van der Waals surface area contributed by atoms with E-state index >= 15 is 0 Å². The van der Waals surface area contributed by atoms with Crippen LogP contribution in [-0.2, 0) is 14.2 Å². The quantitative estimate of drug-likeness (QED) is 0.720. The van der Waals surface area contributed by atoms with Gasteiger partial charge < -0.3 is 14.2 Å². The maximum atomic E-state index is 5.96. The zero-order valence-corrected chi connectivity index (χ0v) is 11.5. The zero-order chi connectivity index (χ0) is 13.3. The third-order valence-electron chi connectivity index (χ3n) is 4.26. The SMILES string of the molecule is C=CCOC1(C=C)CCC2(OCCO2)C(C)(C)C1. The Morgan fingerprint density at radius 2 is 1.83 bits per heavy atom. The highest BCUT2D eigenvalue weighted by atomic mass is 16.7. The average Bonchev–Trinajstić information content (AvgIpc) is 2.82. The molecule has 1 atom stereocenters. The summed E-state index contributed by atoms with van der Waals surface area (Å²) in [5.74, 6) is -0.433. The van der Waals surface area contributed by atoms with E-state index in [-0.39, 0.29) is 11.0 Å². The second kappa shape index (κ2) is 4.80. The topological polar surface area (TPSA) is 27.7 Å². The van der Waals surface area contributed by atoms with Crippen LogP contribution < -0.4 is 0 Å². The van der Waals surface area contributed by atoms with Crippen LogP contribution in [0.2, 0.25) is 0 Å². The van der Waals surface area contributed by atoms with Crippen molar-refractivity contribution in [3.63, 3.8) is 0 Å². The number of hydrogen-bond acceptors (Lipinski definition) is 3. The van der Waals surface area contributed by atoms with E-state index in [2.05, 4.69) is 27.0 Å². The smallest absolute Gasteiger partial charge is 0.173 e. The summed E-state index contributed by atoms with van der Waals surface area (Å²) in [4.78, 5) is 0. The molecular formula is C15H24O3. The van der Waals surface area contributed by atoms with Gasteiger partial charge in [-0.2, -0.15) is 0 Å². The molecule has 0 bridgehead atoms. The minimum Gasteiger partial charge on any atom is -0.367 e. The third kappa shape index (κ3) is 2.15. The molecule has 1 unspecified atom stereocenters. The first-order chi connectivity index (χ1) is 8.49. The summed E-state index contributed by atoms with van der Waals surface area (Å²) in [6, 6.07) is 0. The molecule has 1 heterocycles. The summed E-state index contributed by atoms with van der Waals surface area (Å²) >= 11 is 0. The molecule has 2 rings (SSSR count). The molecule has 1 aliphatic carbocycles. The molecule has 3 nitrogen and oxygen atoms in total. The van der Waals surface area contributed by atoms with Crippen molar-refractivity contribution in [2.45, 2.75) is 44.5 Å². The van der Waals surface area contributed by atoms with Gasteiger partial charge in [0.15, 0.2) is 5.79 Å². The summed E-state index contributed by atoms with van der Waals surface area (Å²) in [5, 5.41) is 0. The molecule has 2 aliphatic rings. The maximum Gasteiger partial charge on any atom is 0.173 e. The summed E-state index contributed by atoms with van der Waals surface area (Å²) in [7, 11) is 0. The summed E-state index contributed by atoms with van der Waals surface area (Å²) in [6.07, 6.45) is 6.31. The van der Waals surface area contributed by atoms with E-state index in [1.54, 1.807) is 6.08 Å². The van der Waals surface area contributed by atoms with Crippen LogP contribution in [0.4, 0.5) is 0 Å². The highest BCUT2D eigenvalue weighted by Crippen LogP contribution is 2.53. The van der Waals surface area contributed by atoms with Crippen molar-refractivity contribution in [2.24, 2.45) is 5.41 Å². The molecule has 1 saturated heterocycles. The van der Waals surface area contributed by atoms with E-state index < -0.39 is 5.79 Å². The first kappa shape index (κ1) is 13.8. The van der Waals surface area contributed by atoms with Crippen molar-refractivity contribution in [2.75, 3.05) is 19.8 Å². The first-order valence-electron chi connectivity index (χ1n) is 6.66. The fourth-order valence-corrected chi connectivity index (χ4v) is 3.26. The highest BCUT2D eigenvalue weighted by molar-refractivity contribution is 5.09. The predicted octanol–water partition coefficient (Wildman–Crippen LogP) is 3.07. The van der Waals surface area contributed by atoms with Crippen molar-refractivity contribution in [3.05, 3.63) is 25.3 Å². The molecule has 0 aromatic carbocycles. The van der Waals surface area contributed by atoms with E-state index in [1.807, 2.05) is 6.08 Å². The first-order valence-corrected chi connectivity index (χ1v) is 6.66. The van der Waals surface area contributed by atoms with Gasteiger partial charge in [-0.05, 0) is 12.8 Å². The Morgan fingerprint density at radius 1 is 1.17 bits per heavy atom. The molecule has 1 spiro atoms. The Balaban J connectivity index is 2.17. The predicted molar refractivity (Wildman–Crippen MR) is 71.3 cm³/mol. The second-order valence-electron chi connectivity index (χ2n) is 5.88. The van der Waals surface area contributed by atoms with Gasteiger partial charge in [-0.25, -0.2) is 0 Å². The molecule has 0 aromatic heterocycles. The van der Waals surface area contributed by atoms with Gasteiger partial charge in [-0.3, -0.25) is 0 Å². The Labute approximate surface area is 110 Å². The van der Waals surface area contributed by atoms with Gasteiger partial charge in [0, 0.05) is 11.8 Å². The molecular weight excluding hydrogens is 228 g/mol. The van der Waals surface area contributed by atoms with Gasteiger partial charge in [-0.15, -0.1) is 13.2 Å². The second-order valence-corrected chi connectivity index (χ2v) is 5.88. The lowest BCUT2D eigenvalue weighted by molar-refractivity contribution is -0.268. The van der Waals surface area contributed by atoms with E-state index in [9.17, 15) is 0 Å². The normalized spacial score (nSPS) is 33.4. The highest BCUT2D eigenvalue weighted by Gasteiger charge is 2.57. The Bertz CT molecular complexity index is 329. The lowest BCUT2D eigenvalue weighted by Gasteiger charge is -2.52. The maximum absolute atomic E-state index is 5.96. The number of rotatable bonds is 4. The number of hydrogen-bond donors (Lipinski definition) is 0. The van der Waals surface area contributed by atoms with E-state index in [1.165, 1.54) is 0 Å². The molecule has 1 aliphatic heterocycles. The molecule has 18 heavy (non-hydrogen) atoms. The average molecular weight is 252 g/mol. The van der Waals surface area contributed by atoms with Gasteiger partial charge >= 0.3 is 0 Å². The lowest BCUT2D eigenvalue weighted by atomic mass is 9.65. The number of ether oxygens (including phenoxy) is 3.